The van der Waals surface area contributed by atoms with Gasteiger partial charge in [0, 0.05) is 16.0 Å². The zero-order valence-electron chi connectivity index (χ0n) is 12.5. The third kappa shape index (κ3) is 4.04. The monoisotopic (exact) mass is 338 g/mol. The van der Waals surface area contributed by atoms with Crippen LogP contribution in [0.4, 0.5) is 0 Å². The fourth-order valence-electron chi connectivity index (χ4n) is 2.56. The maximum Gasteiger partial charge on any atom is 0.0448 e. The Hall–Kier alpha value is -2.02. The molecule has 3 aromatic rings. The van der Waals surface area contributed by atoms with E-state index in [1.807, 2.05) is 72.8 Å². The smallest absolute Gasteiger partial charge is 0.0448 e. The fourth-order valence-corrected chi connectivity index (χ4v) is 2.93. The van der Waals surface area contributed by atoms with E-state index >= 15 is 0 Å². The van der Waals surface area contributed by atoms with Crippen LogP contribution < -0.4 is 0 Å². The van der Waals surface area contributed by atoms with E-state index in [4.69, 9.17) is 23.2 Å². The lowest BCUT2D eigenvalue weighted by atomic mass is 9.90. The molecule has 114 valence electrons. The Kier molecular flexibility index (Phi) is 5.17. The van der Waals surface area contributed by atoms with Crippen LogP contribution in [0.1, 0.15) is 22.6 Å². The van der Waals surface area contributed by atoms with Crippen molar-refractivity contribution < 1.29 is 0 Å². The highest BCUT2D eigenvalue weighted by atomic mass is 35.5. The van der Waals surface area contributed by atoms with Gasteiger partial charge < -0.3 is 0 Å². The number of benzene rings is 3. The van der Waals surface area contributed by atoms with E-state index in [-0.39, 0.29) is 5.92 Å². The van der Waals surface area contributed by atoms with Gasteiger partial charge in [-0.25, -0.2) is 0 Å². The molecule has 0 bridgehead atoms. The Morgan fingerprint density at radius 1 is 0.696 bits per heavy atom. The van der Waals surface area contributed by atoms with Crippen molar-refractivity contribution in [1.82, 2.24) is 0 Å². The van der Waals surface area contributed by atoms with Crippen molar-refractivity contribution in [3.63, 3.8) is 0 Å². The van der Waals surface area contributed by atoms with Crippen molar-refractivity contribution in [3.8, 4) is 0 Å². The minimum Gasteiger partial charge on any atom is -0.0843 e. The largest absolute Gasteiger partial charge is 0.0843 e. The molecule has 0 spiro atoms. The second-order valence-electron chi connectivity index (χ2n) is 5.32. The molecule has 3 aromatic carbocycles. The Morgan fingerprint density at radius 3 is 1.83 bits per heavy atom. The molecule has 0 nitrogen and oxygen atoms in total. The van der Waals surface area contributed by atoms with Crippen LogP contribution in [-0.2, 0) is 0 Å². The second-order valence-corrected chi connectivity index (χ2v) is 6.16. The molecule has 3 rings (SSSR count). The van der Waals surface area contributed by atoms with Crippen LogP contribution in [0.3, 0.4) is 0 Å². The first kappa shape index (κ1) is 15.9. The highest BCUT2D eigenvalue weighted by Gasteiger charge is 2.13. The molecule has 23 heavy (non-hydrogen) atoms. The van der Waals surface area contributed by atoms with Gasteiger partial charge in [0.15, 0.2) is 0 Å². The van der Waals surface area contributed by atoms with Gasteiger partial charge in [-0.15, -0.1) is 0 Å². The number of hydrogen-bond donors (Lipinski definition) is 0. The van der Waals surface area contributed by atoms with E-state index in [1.54, 1.807) is 0 Å². The van der Waals surface area contributed by atoms with Crippen LogP contribution in [0.25, 0.3) is 5.03 Å². The van der Waals surface area contributed by atoms with E-state index < -0.39 is 0 Å². The van der Waals surface area contributed by atoms with Crippen molar-refractivity contribution in [1.29, 1.82) is 0 Å². The molecule has 0 radical (unpaired) electrons. The highest BCUT2D eigenvalue weighted by Crippen LogP contribution is 2.31. The highest BCUT2D eigenvalue weighted by molar-refractivity contribution is 6.48. The summed E-state index contributed by atoms with van der Waals surface area (Å²) >= 11 is 12.6. The molecule has 0 saturated heterocycles. The van der Waals surface area contributed by atoms with E-state index in [1.165, 1.54) is 5.56 Å². The quantitative estimate of drug-likeness (QED) is 0.493. The zero-order chi connectivity index (χ0) is 16.1. The van der Waals surface area contributed by atoms with Gasteiger partial charge in [0.1, 0.15) is 0 Å². The van der Waals surface area contributed by atoms with Crippen LogP contribution >= 0.6 is 23.2 Å². The normalized spacial score (nSPS) is 12.9. The molecule has 0 fully saturated rings. The average molecular weight is 339 g/mol. The molecule has 0 amide bonds. The first-order chi connectivity index (χ1) is 11.2. The number of hydrogen-bond acceptors (Lipinski definition) is 0. The molecule has 0 N–H and O–H groups in total. The molecule has 0 heterocycles. The van der Waals surface area contributed by atoms with Gasteiger partial charge in [0.2, 0.25) is 0 Å². The van der Waals surface area contributed by atoms with Crippen LogP contribution in [-0.4, -0.2) is 0 Å². The minimum atomic E-state index is 0.0844. The Bertz CT molecular complexity index is 775. The van der Waals surface area contributed by atoms with Crippen molar-refractivity contribution >= 4 is 28.2 Å². The van der Waals surface area contributed by atoms with Gasteiger partial charge in [-0.1, -0.05) is 102 Å². The average Bonchev–Trinajstić information content (AvgIpc) is 2.62. The van der Waals surface area contributed by atoms with Crippen LogP contribution in [0.5, 0.6) is 0 Å². The van der Waals surface area contributed by atoms with Gasteiger partial charge in [0.25, 0.3) is 0 Å². The van der Waals surface area contributed by atoms with E-state index in [2.05, 4.69) is 18.2 Å². The van der Waals surface area contributed by atoms with Gasteiger partial charge in [-0.2, -0.15) is 0 Å². The summed E-state index contributed by atoms with van der Waals surface area (Å²) in [5.74, 6) is 0.0844. The topological polar surface area (TPSA) is 0 Å². The molecule has 1 unspecified atom stereocenters. The summed E-state index contributed by atoms with van der Waals surface area (Å²) in [6.07, 6.45) is 2.09. The fraction of sp³-hybridized carbons (Fsp3) is 0.0476. The van der Waals surface area contributed by atoms with Crippen LogP contribution in [0, 0.1) is 0 Å². The summed E-state index contributed by atoms with van der Waals surface area (Å²) in [7, 11) is 0. The summed E-state index contributed by atoms with van der Waals surface area (Å²) < 4.78 is 0. The summed E-state index contributed by atoms with van der Waals surface area (Å²) in [6.45, 7) is 0. The molecule has 0 aliphatic carbocycles. The lowest BCUT2D eigenvalue weighted by Gasteiger charge is -2.15. The lowest BCUT2D eigenvalue weighted by Crippen LogP contribution is -1.98. The summed E-state index contributed by atoms with van der Waals surface area (Å²) in [6, 6.07) is 28.3. The minimum absolute atomic E-state index is 0.0844. The third-order valence-corrected chi connectivity index (χ3v) is 4.35. The van der Waals surface area contributed by atoms with E-state index in [9.17, 15) is 0 Å². The Labute approximate surface area is 147 Å². The first-order valence-corrected chi connectivity index (χ1v) is 8.23. The van der Waals surface area contributed by atoms with E-state index in [0.717, 1.165) is 21.2 Å². The van der Waals surface area contributed by atoms with E-state index in [0.29, 0.717) is 0 Å². The molecule has 0 aromatic heterocycles. The predicted octanol–water partition coefficient (Wildman–Crippen LogP) is 6.75. The first-order valence-electron chi connectivity index (χ1n) is 7.47. The Balaban J connectivity index is 2.04. The van der Waals surface area contributed by atoms with Gasteiger partial charge in [-0.3, -0.25) is 0 Å². The van der Waals surface area contributed by atoms with Crippen molar-refractivity contribution in [3.05, 3.63) is 113 Å². The molecule has 1 atom stereocenters. The number of rotatable bonds is 4. The lowest BCUT2D eigenvalue weighted by molar-refractivity contribution is 1.03. The molecule has 0 aliphatic heterocycles. The Morgan fingerprint density at radius 2 is 1.22 bits per heavy atom. The maximum atomic E-state index is 6.57. The summed E-state index contributed by atoms with van der Waals surface area (Å²) in [4.78, 5) is 0. The van der Waals surface area contributed by atoms with Crippen LogP contribution in [0.15, 0.2) is 91.0 Å². The van der Waals surface area contributed by atoms with Crippen molar-refractivity contribution in [2.75, 3.05) is 0 Å². The second kappa shape index (κ2) is 7.50. The summed E-state index contributed by atoms with van der Waals surface area (Å²) in [5.41, 5.74) is 3.38. The molecular formula is C21H16Cl2. The van der Waals surface area contributed by atoms with Crippen molar-refractivity contribution in [2.24, 2.45) is 0 Å². The molecule has 2 heteroatoms. The van der Waals surface area contributed by atoms with Crippen LogP contribution in [0.2, 0.25) is 5.02 Å². The predicted molar refractivity (Wildman–Crippen MR) is 100 cm³/mol. The molecule has 0 aliphatic rings. The molecule has 0 saturated carbocycles. The van der Waals surface area contributed by atoms with Gasteiger partial charge >= 0.3 is 0 Å². The standard InChI is InChI=1S/C21H16Cl2/c22-19-13-11-17(12-14-19)20(16-7-3-1-4-8-16)15-21(23)18-9-5-2-6-10-18/h1-15,20H. The number of allylic oxidation sites excluding steroid dienone is 1. The maximum absolute atomic E-state index is 6.57. The third-order valence-electron chi connectivity index (χ3n) is 3.75. The summed E-state index contributed by atoms with van der Waals surface area (Å²) in [5, 5.41) is 1.48. The SMILES string of the molecule is ClC(=CC(c1ccccc1)c1ccc(Cl)cc1)c1ccccc1. The number of halogens is 2. The zero-order valence-corrected chi connectivity index (χ0v) is 14.0. The van der Waals surface area contributed by atoms with Crippen molar-refractivity contribution in [2.45, 2.75) is 5.92 Å². The van der Waals surface area contributed by atoms with Gasteiger partial charge in [0.05, 0.1) is 0 Å². The molecular weight excluding hydrogens is 323 g/mol. The van der Waals surface area contributed by atoms with Gasteiger partial charge in [-0.05, 0) is 28.8 Å².